The molecule has 2 aromatic rings. The van der Waals surface area contributed by atoms with Gasteiger partial charge in [-0.15, -0.1) is 11.3 Å². The summed E-state index contributed by atoms with van der Waals surface area (Å²) in [6.07, 6.45) is -0.367. The third kappa shape index (κ3) is 5.97. The molecule has 2 rings (SSSR count). The van der Waals surface area contributed by atoms with Gasteiger partial charge in [0.2, 0.25) is 0 Å². The van der Waals surface area contributed by atoms with Gasteiger partial charge in [0.1, 0.15) is 16.4 Å². The van der Waals surface area contributed by atoms with Gasteiger partial charge in [-0.2, -0.15) is 0 Å². The molecule has 1 N–H and O–H groups in total. The number of nitrogens with zero attached hydrogens (tertiary/aromatic N) is 2. The second-order valence-corrected chi connectivity index (χ2v) is 11.8. The molecule has 5 nitrogen and oxygen atoms in total. The fraction of sp³-hybridized carbons (Fsp3) is 0.583. The van der Waals surface area contributed by atoms with Crippen LogP contribution in [0.3, 0.4) is 0 Å². The molecular weight excluding hydrogens is 396 g/mol. The number of aromatic hydroxyl groups is 1. The van der Waals surface area contributed by atoms with Crippen LogP contribution in [0, 0.1) is 0 Å². The van der Waals surface area contributed by atoms with Gasteiger partial charge < -0.3 is 14.7 Å². The van der Waals surface area contributed by atoms with Crippen LogP contribution in [0.2, 0.25) is 0 Å². The van der Waals surface area contributed by atoms with E-state index in [-0.39, 0.29) is 16.9 Å². The Hall–Kier alpha value is -2.08. The van der Waals surface area contributed by atoms with Crippen LogP contribution in [0.15, 0.2) is 17.5 Å². The maximum absolute atomic E-state index is 12.2. The van der Waals surface area contributed by atoms with Gasteiger partial charge in [-0.3, -0.25) is 0 Å². The van der Waals surface area contributed by atoms with Crippen molar-refractivity contribution in [1.82, 2.24) is 9.88 Å². The van der Waals surface area contributed by atoms with Gasteiger partial charge in [0.25, 0.3) is 0 Å². The number of thiazole rings is 1. The van der Waals surface area contributed by atoms with Crippen molar-refractivity contribution in [2.75, 3.05) is 7.05 Å². The molecule has 30 heavy (non-hydrogen) atoms. The third-order valence-electron chi connectivity index (χ3n) is 4.65. The molecule has 1 aromatic heterocycles. The number of amides is 1. The van der Waals surface area contributed by atoms with E-state index in [1.807, 2.05) is 38.3 Å². The molecule has 0 unspecified atom stereocenters. The zero-order valence-electron chi connectivity index (χ0n) is 20.0. The van der Waals surface area contributed by atoms with Crippen LogP contribution >= 0.6 is 11.3 Å². The zero-order chi connectivity index (χ0) is 23.1. The van der Waals surface area contributed by atoms with Crippen molar-refractivity contribution in [2.45, 2.75) is 85.3 Å². The highest BCUT2D eigenvalue weighted by Gasteiger charge is 2.27. The van der Waals surface area contributed by atoms with Crippen LogP contribution in [0.5, 0.6) is 5.75 Å². The molecule has 0 bridgehead atoms. The number of hydrogen-bond donors (Lipinski definition) is 1. The van der Waals surface area contributed by atoms with Gasteiger partial charge in [-0.1, -0.05) is 41.5 Å². The van der Waals surface area contributed by atoms with E-state index in [1.165, 1.54) is 16.2 Å². The molecule has 0 saturated carbocycles. The first-order valence-electron chi connectivity index (χ1n) is 10.3. The van der Waals surface area contributed by atoms with Crippen molar-refractivity contribution >= 4 is 17.4 Å². The summed E-state index contributed by atoms with van der Waals surface area (Å²) in [5.41, 5.74) is 2.72. The molecule has 0 spiro atoms. The second-order valence-electron chi connectivity index (χ2n) is 10.9. The Balaban J connectivity index is 2.38. The lowest BCUT2D eigenvalue weighted by molar-refractivity contribution is 0.0285. The molecule has 0 fully saturated rings. The molecule has 0 aliphatic rings. The number of phenolic OH excluding ortho intramolecular Hbond substituents is 1. The number of ether oxygens (including phenoxy) is 1. The van der Waals surface area contributed by atoms with E-state index in [4.69, 9.17) is 9.72 Å². The van der Waals surface area contributed by atoms with Crippen molar-refractivity contribution < 1.29 is 14.6 Å². The molecule has 0 aliphatic heterocycles. The minimum absolute atomic E-state index is 0.199. The minimum atomic E-state index is -0.530. The van der Waals surface area contributed by atoms with Crippen molar-refractivity contribution in [2.24, 2.45) is 0 Å². The first-order chi connectivity index (χ1) is 13.5. The summed E-state index contributed by atoms with van der Waals surface area (Å²) in [6, 6.07) is 4.06. The largest absolute Gasteiger partial charge is 0.507 e. The predicted octanol–water partition coefficient (Wildman–Crippen LogP) is 6.48. The van der Waals surface area contributed by atoms with E-state index in [0.29, 0.717) is 12.3 Å². The summed E-state index contributed by atoms with van der Waals surface area (Å²) < 4.78 is 5.42. The van der Waals surface area contributed by atoms with Crippen LogP contribution in [0.1, 0.15) is 78.4 Å². The van der Waals surface area contributed by atoms with Crippen molar-refractivity contribution in [3.63, 3.8) is 0 Å². The normalized spacial score (nSPS) is 12.7. The molecule has 1 aromatic carbocycles. The molecule has 0 saturated heterocycles. The van der Waals surface area contributed by atoms with Crippen LogP contribution in [0.4, 0.5) is 4.79 Å². The number of carbonyl (C=O) groups excluding carboxylic acids is 1. The predicted molar refractivity (Wildman–Crippen MR) is 124 cm³/mol. The third-order valence-corrected chi connectivity index (χ3v) is 5.48. The van der Waals surface area contributed by atoms with E-state index in [0.717, 1.165) is 27.4 Å². The lowest BCUT2D eigenvalue weighted by atomic mass is 9.78. The average Bonchev–Trinajstić information content (AvgIpc) is 2.99. The summed E-state index contributed by atoms with van der Waals surface area (Å²) >= 11 is 1.52. The summed E-state index contributed by atoms with van der Waals surface area (Å²) in [5.74, 6) is 0.360. The molecule has 0 atom stereocenters. The number of hydrogen-bond acceptors (Lipinski definition) is 5. The van der Waals surface area contributed by atoms with E-state index < -0.39 is 5.60 Å². The highest BCUT2D eigenvalue weighted by atomic mass is 32.1. The number of carbonyl (C=O) groups is 1. The Morgan fingerprint density at radius 1 is 1.03 bits per heavy atom. The fourth-order valence-corrected chi connectivity index (χ4v) is 3.90. The topological polar surface area (TPSA) is 62.7 Å². The van der Waals surface area contributed by atoms with E-state index in [1.54, 1.807) is 7.05 Å². The highest BCUT2D eigenvalue weighted by molar-refractivity contribution is 7.09. The summed E-state index contributed by atoms with van der Waals surface area (Å²) in [4.78, 5) is 18.5. The van der Waals surface area contributed by atoms with Gasteiger partial charge in [0, 0.05) is 29.1 Å². The Labute approximate surface area is 185 Å². The number of rotatable bonds is 3. The van der Waals surface area contributed by atoms with Crippen LogP contribution in [0.25, 0.3) is 11.3 Å². The molecule has 0 aliphatic carbocycles. The Morgan fingerprint density at radius 3 is 1.97 bits per heavy atom. The summed E-state index contributed by atoms with van der Waals surface area (Å²) in [7, 11) is 1.71. The first kappa shape index (κ1) is 24.2. The van der Waals surface area contributed by atoms with Crippen molar-refractivity contribution in [3.8, 4) is 17.0 Å². The second kappa shape index (κ2) is 8.22. The molecule has 166 valence electrons. The highest BCUT2D eigenvalue weighted by Crippen LogP contribution is 2.42. The first-order valence-corrected chi connectivity index (χ1v) is 11.1. The zero-order valence-corrected chi connectivity index (χ0v) is 20.8. The minimum Gasteiger partial charge on any atom is -0.507 e. The van der Waals surface area contributed by atoms with Crippen molar-refractivity contribution in [1.29, 1.82) is 0 Å². The van der Waals surface area contributed by atoms with Gasteiger partial charge in [0.15, 0.2) is 0 Å². The van der Waals surface area contributed by atoms with Gasteiger partial charge >= 0.3 is 6.09 Å². The van der Waals surface area contributed by atoms with Crippen LogP contribution < -0.4 is 0 Å². The molecule has 1 amide bonds. The van der Waals surface area contributed by atoms with Gasteiger partial charge in [0.05, 0.1) is 12.2 Å². The Kier molecular flexibility index (Phi) is 6.62. The monoisotopic (exact) mass is 432 g/mol. The van der Waals surface area contributed by atoms with E-state index in [9.17, 15) is 9.90 Å². The average molecular weight is 433 g/mol. The quantitative estimate of drug-likeness (QED) is 0.603. The molecule has 1 heterocycles. The van der Waals surface area contributed by atoms with E-state index in [2.05, 4.69) is 41.5 Å². The van der Waals surface area contributed by atoms with Crippen LogP contribution in [-0.4, -0.2) is 33.7 Å². The lowest BCUT2D eigenvalue weighted by Gasteiger charge is -2.28. The standard InChI is InChI=1S/C24H36N2O3S/c1-22(2,3)16-11-15(12-17(20(16)27)23(4,5)6)18-14-30-19(25-18)13-26(10)21(28)29-24(7,8)9/h11-12,14,27H,13H2,1-10H3. The van der Waals surface area contributed by atoms with Crippen LogP contribution in [-0.2, 0) is 22.1 Å². The number of benzene rings is 1. The molecule has 0 radical (unpaired) electrons. The Bertz CT molecular complexity index is 877. The lowest BCUT2D eigenvalue weighted by Crippen LogP contribution is -2.33. The Morgan fingerprint density at radius 2 is 1.53 bits per heavy atom. The number of phenols is 1. The van der Waals surface area contributed by atoms with Gasteiger partial charge in [-0.05, 0) is 43.7 Å². The van der Waals surface area contributed by atoms with Crippen molar-refractivity contribution in [3.05, 3.63) is 33.6 Å². The number of aromatic nitrogens is 1. The molecule has 6 heteroatoms. The molecular formula is C24H36N2O3S. The smallest absolute Gasteiger partial charge is 0.410 e. The van der Waals surface area contributed by atoms with Gasteiger partial charge in [-0.25, -0.2) is 9.78 Å². The maximum Gasteiger partial charge on any atom is 0.410 e. The SMILES string of the molecule is CN(Cc1nc(-c2cc(C(C)(C)C)c(O)c(C(C)(C)C)c2)cs1)C(=O)OC(C)(C)C. The summed E-state index contributed by atoms with van der Waals surface area (Å²) in [6.45, 7) is 18.5. The fourth-order valence-electron chi connectivity index (χ4n) is 3.05. The van der Waals surface area contributed by atoms with E-state index >= 15 is 0 Å². The maximum atomic E-state index is 12.2. The summed E-state index contributed by atoms with van der Waals surface area (Å²) in [5, 5.41) is 13.8.